The largest absolute Gasteiger partial charge is 0.493 e. The van der Waals surface area contributed by atoms with Gasteiger partial charge in [-0.25, -0.2) is 0 Å². The molecule has 1 aromatic carbocycles. The van der Waals surface area contributed by atoms with Gasteiger partial charge in [-0.15, -0.1) is 0 Å². The number of ketones is 2. The number of rotatable bonds is 7. The van der Waals surface area contributed by atoms with Gasteiger partial charge in [0.15, 0.2) is 23.1 Å². The van der Waals surface area contributed by atoms with Crippen molar-refractivity contribution in [3.05, 3.63) is 43.8 Å². The van der Waals surface area contributed by atoms with E-state index in [9.17, 15) is 9.59 Å². The number of ether oxygens (including phenoxy) is 3. The van der Waals surface area contributed by atoms with E-state index in [1.54, 1.807) is 21.3 Å². The Hall–Kier alpha value is -1.87. The molecule has 3 aliphatic rings. The maximum atomic E-state index is 13.9. The van der Waals surface area contributed by atoms with E-state index < -0.39 is 5.92 Å². The number of nitrogens with zero attached hydrogens (tertiary/aromatic N) is 1. The first-order valence-corrected chi connectivity index (χ1v) is 13.7. The zero-order chi connectivity index (χ0) is 26.4. The highest BCUT2D eigenvalue weighted by molar-refractivity contribution is 14.1. The molecule has 7 heteroatoms. The number of hydrogen-bond donors (Lipinski definition) is 0. The van der Waals surface area contributed by atoms with Crippen molar-refractivity contribution in [1.82, 2.24) is 4.90 Å². The minimum absolute atomic E-state index is 0.136. The van der Waals surface area contributed by atoms with Gasteiger partial charge in [-0.2, -0.15) is 0 Å². The van der Waals surface area contributed by atoms with Crippen LogP contribution in [0.5, 0.6) is 11.5 Å². The quantitative estimate of drug-likeness (QED) is 0.279. The molecule has 4 rings (SSSR count). The van der Waals surface area contributed by atoms with Crippen molar-refractivity contribution in [1.29, 1.82) is 0 Å². The topological polar surface area (TPSA) is 65.1 Å². The third-order valence-corrected chi connectivity index (χ3v) is 8.34. The number of allylic oxidation sites excluding steroid dienone is 4. The molecule has 0 fully saturated rings. The smallest absolute Gasteiger partial charge is 0.174 e. The molecule has 0 spiro atoms. The van der Waals surface area contributed by atoms with E-state index in [1.165, 1.54) is 0 Å². The van der Waals surface area contributed by atoms with Crippen LogP contribution in [0.25, 0.3) is 0 Å². The second kappa shape index (κ2) is 10.1. The normalized spacial score (nSPS) is 21.5. The van der Waals surface area contributed by atoms with Crippen LogP contribution in [0.1, 0.15) is 71.3 Å². The summed E-state index contributed by atoms with van der Waals surface area (Å²) in [5.74, 6) is 1.15. The molecule has 2 aliphatic carbocycles. The Labute approximate surface area is 228 Å². The predicted molar refractivity (Wildman–Crippen MR) is 148 cm³/mol. The number of benzene rings is 1. The van der Waals surface area contributed by atoms with E-state index >= 15 is 0 Å². The Balaban J connectivity index is 1.99. The monoisotopic (exact) mass is 607 g/mol. The Kier molecular flexibility index (Phi) is 7.64. The van der Waals surface area contributed by atoms with Gasteiger partial charge < -0.3 is 19.1 Å². The molecule has 0 saturated carbocycles. The van der Waals surface area contributed by atoms with Crippen LogP contribution in [0, 0.1) is 14.4 Å². The predicted octanol–water partition coefficient (Wildman–Crippen LogP) is 6.03. The second-order valence-corrected chi connectivity index (χ2v) is 12.9. The number of Topliss-reactive ketones (excluding diaryl/α,β-unsaturated/α-hetero) is 2. The van der Waals surface area contributed by atoms with Gasteiger partial charge in [0.2, 0.25) is 0 Å². The molecule has 1 aliphatic heterocycles. The lowest BCUT2D eigenvalue weighted by molar-refractivity contribution is -0.119. The minimum atomic E-state index is -0.394. The van der Waals surface area contributed by atoms with Crippen molar-refractivity contribution in [3.63, 3.8) is 0 Å². The fraction of sp³-hybridized carbons (Fsp3) is 0.586. The zero-order valence-corrected chi connectivity index (χ0v) is 24.7. The summed E-state index contributed by atoms with van der Waals surface area (Å²) < 4.78 is 17.5. The van der Waals surface area contributed by atoms with Gasteiger partial charge in [0, 0.05) is 61.6 Å². The Bertz CT molecular complexity index is 1090. The molecule has 0 radical (unpaired) electrons. The van der Waals surface area contributed by atoms with Crippen LogP contribution in [0.4, 0.5) is 0 Å². The SMILES string of the molecule is COCCCN1C2=C(C(=O)CC(C)(C)C2)C(c2cc(I)c(OC)c(OC)c2)C2=C1CC(C)(C)CC2=O. The van der Waals surface area contributed by atoms with Crippen LogP contribution in [-0.4, -0.2) is 50.9 Å². The van der Waals surface area contributed by atoms with Gasteiger partial charge in [0.1, 0.15) is 0 Å². The number of carbonyl (C=O) groups is 2. The van der Waals surface area contributed by atoms with E-state index in [1.807, 2.05) is 12.1 Å². The fourth-order valence-corrected chi connectivity index (χ4v) is 6.97. The summed E-state index contributed by atoms with van der Waals surface area (Å²) in [5, 5.41) is 0. The summed E-state index contributed by atoms with van der Waals surface area (Å²) in [4.78, 5) is 30.1. The highest BCUT2D eigenvalue weighted by Gasteiger charge is 2.49. The standard InChI is InChI=1S/C29H38INO5/c1-28(2)13-19-25(21(32)15-28)24(17-11-18(30)27(36-7)23(12-17)35-6)26-20(31(19)9-8-10-34-5)14-29(3,4)16-22(26)33/h11-12,24H,8-10,13-16H2,1-7H3. The van der Waals surface area contributed by atoms with Gasteiger partial charge in [0.25, 0.3) is 0 Å². The summed E-state index contributed by atoms with van der Waals surface area (Å²) in [6.45, 7) is 10.0. The summed E-state index contributed by atoms with van der Waals surface area (Å²) in [5.41, 5.74) is 4.34. The fourth-order valence-electron chi connectivity index (χ4n) is 6.12. The van der Waals surface area contributed by atoms with Crippen LogP contribution in [0.15, 0.2) is 34.7 Å². The average Bonchev–Trinajstić information content (AvgIpc) is 2.77. The number of carbonyl (C=O) groups excluding carboxylic acids is 2. The second-order valence-electron chi connectivity index (χ2n) is 11.8. The van der Waals surface area contributed by atoms with Crippen molar-refractivity contribution in [2.24, 2.45) is 10.8 Å². The molecule has 0 unspecified atom stereocenters. The molecule has 0 aromatic heterocycles. The van der Waals surface area contributed by atoms with Crippen LogP contribution >= 0.6 is 22.6 Å². The molecule has 0 N–H and O–H groups in total. The summed E-state index contributed by atoms with van der Waals surface area (Å²) >= 11 is 2.24. The van der Waals surface area contributed by atoms with E-state index in [-0.39, 0.29) is 22.4 Å². The van der Waals surface area contributed by atoms with Crippen molar-refractivity contribution < 1.29 is 23.8 Å². The van der Waals surface area contributed by atoms with E-state index in [4.69, 9.17) is 14.2 Å². The van der Waals surface area contributed by atoms with Gasteiger partial charge in [0.05, 0.1) is 17.8 Å². The first kappa shape index (κ1) is 27.2. The lowest BCUT2D eigenvalue weighted by Crippen LogP contribution is -2.44. The molecule has 0 atom stereocenters. The van der Waals surface area contributed by atoms with Crippen molar-refractivity contribution in [3.8, 4) is 11.5 Å². The van der Waals surface area contributed by atoms with Gasteiger partial charge in [-0.05, 0) is 70.4 Å². The molecule has 1 aromatic rings. The van der Waals surface area contributed by atoms with E-state index in [0.717, 1.165) is 57.5 Å². The van der Waals surface area contributed by atoms with Crippen LogP contribution in [-0.2, 0) is 14.3 Å². The third-order valence-electron chi connectivity index (χ3n) is 7.54. The summed E-state index contributed by atoms with van der Waals surface area (Å²) in [6.07, 6.45) is 3.37. The highest BCUT2D eigenvalue weighted by atomic mass is 127. The third kappa shape index (κ3) is 4.97. The molecule has 1 heterocycles. The summed E-state index contributed by atoms with van der Waals surface area (Å²) in [7, 11) is 4.95. The number of halogens is 1. The average molecular weight is 608 g/mol. The van der Waals surface area contributed by atoms with Crippen molar-refractivity contribution in [2.75, 3.05) is 34.5 Å². The molecule has 36 heavy (non-hydrogen) atoms. The van der Waals surface area contributed by atoms with Crippen LogP contribution in [0.2, 0.25) is 0 Å². The van der Waals surface area contributed by atoms with Gasteiger partial charge in [-0.1, -0.05) is 27.7 Å². The molecule has 0 bridgehead atoms. The molecule has 196 valence electrons. The first-order chi connectivity index (χ1) is 16.9. The highest BCUT2D eigenvalue weighted by Crippen LogP contribution is 2.55. The Morgan fingerprint density at radius 3 is 1.92 bits per heavy atom. The number of methoxy groups -OCH3 is 3. The molecule has 0 amide bonds. The first-order valence-electron chi connectivity index (χ1n) is 12.6. The van der Waals surface area contributed by atoms with E-state index in [2.05, 4.69) is 55.2 Å². The molecular formula is C29H38INO5. The molecule has 0 saturated heterocycles. The van der Waals surface area contributed by atoms with Crippen molar-refractivity contribution >= 4 is 34.2 Å². The maximum absolute atomic E-state index is 13.9. The molecular weight excluding hydrogens is 569 g/mol. The van der Waals surface area contributed by atoms with Crippen molar-refractivity contribution in [2.45, 2.75) is 65.7 Å². The Morgan fingerprint density at radius 1 is 0.889 bits per heavy atom. The summed E-state index contributed by atoms with van der Waals surface area (Å²) in [6, 6.07) is 3.99. The van der Waals surface area contributed by atoms with Gasteiger partial charge >= 0.3 is 0 Å². The van der Waals surface area contributed by atoms with Gasteiger partial charge in [-0.3, -0.25) is 9.59 Å². The van der Waals surface area contributed by atoms with Crippen LogP contribution in [0.3, 0.4) is 0 Å². The lowest BCUT2D eigenvalue weighted by atomic mass is 9.63. The van der Waals surface area contributed by atoms with E-state index in [0.29, 0.717) is 30.9 Å². The Morgan fingerprint density at radius 2 is 1.44 bits per heavy atom. The lowest BCUT2D eigenvalue weighted by Gasteiger charge is -2.49. The van der Waals surface area contributed by atoms with Crippen LogP contribution < -0.4 is 9.47 Å². The number of hydrogen-bond acceptors (Lipinski definition) is 6. The minimum Gasteiger partial charge on any atom is -0.493 e. The molecule has 6 nitrogen and oxygen atoms in total. The zero-order valence-electron chi connectivity index (χ0n) is 22.5. The maximum Gasteiger partial charge on any atom is 0.174 e.